The summed E-state index contributed by atoms with van der Waals surface area (Å²) in [7, 11) is 1.31. The van der Waals surface area contributed by atoms with E-state index in [2.05, 4.69) is 26.0 Å². The number of halogens is 1. The van der Waals surface area contributed by atoms with Crippen molar-refractivity contribution in [2.45, 2.75) is 0 Å². The summed E-state index contributed by atoms with van der Waals surface area (Å²) >= 11 is 3.30. The molecule has 6 heteroatoms. The fraction of sp³-hybridized carbons (Fsp3) is 0.0667. The van der Waals surface area contributed by atoms with E-state index in [-0.39, 0.29) is 5.91 Å². The lowest BCUT2D eigenvalue weighted by atomic mass is 10.1. The first-order valence-corrected chi connectivity index (χ1v) is 6.85. The fourth-order valence-corrected chi connectivity index (χ4v) is 2.09. The van der Waals surface area contributed by atoms with E-state index in [9.17, 15) is 9.59 Å². The number of nitrogens with two attached hydrogens (primary N) is 1. The van der Waals surface area contributed by atoms with Crippen molar-refractivity contribution >= 4 is 39.2 Å². The number of amides is 1. The van der Waals surface area contributed by atoms with Crippen molar-refractivity contribution in [3.05, 3.63) is 58.1 Å². The third-order valence-electron chi connectivity index (χ3n) is 2.82. The van der Waals surface area contributed by atoms with E-state index in [1.165, 1.54) is 7.11 Å². The lowest BCUT2D eigenvalue weighted by Gasteiger charge is -2.08. The van der Waals surface area contributed by atoms with Gasteiger partial charge in [0.15, 0.2) is 0 Å². The summed E-state index contributed by atoms with van der Waals surface area (Å²) < 4.78 is 5.37. The van der Waals surface area contributed by atoms with Crippen molar-refractivity contribution in [2.24, 2.45) is 0 Å². The number of nitrogen functional groups attached to an aromatic ring is 1. The zero-order valence-corrected chi connectivity index (χ0v) is 12.8. The van der Waals surface area contributed by atoms with Crippen molar-refractivity contribution < 1.29 is 14.3 Å². The normalized spacial score (nSPS) is 10.0. The van der Waals surface area contributed by atoms with Crippen LogP contribution in [-0.4, -0.2) is 19.0 Å². The molecule has 2 rings (SSSR count). The predicted octanol–water partition coefficient (Wildman–Crippen LogP) is 3.07. The Kier molecular flexibility index (Phi) is 4.59. The lowest BCUT2D eigenvalue weighted by molar-refractivity contribution is 0.0600. The molecule has 0 saturated heterocycles. The molecule has 2 aromatic rings. The Hall–Kier alpha value is -2.34. The molecule has 0 saturated carbocycles. The van der Waals surface area contributed by atoms with Crippen molar-refractivity contribution in [2.75, 3.05) is 18.2 Å². The van der Waals surface area contributed by atoms with Gasteiger partial charge in [-0.15, -0.1) is 0 Å². The van der Waals surface area contributed by atoms with Crippen LogP contribution in [0.1, 0.15) is 20.7 Å². The number of methoxy groups -OCH3 is 1. The molecule has 0 unspecified atom stereocenters. The van der Waals surface area contributed by atoms with Gasteiger partial charge in [-0.1, -0.05) is 15.9 Å². The second-order valence-corrected chi connectivity index (χ2v) is 5.17. The van der Waals surface area contributed by atoms with Gasteiger partial charge in [0.2, 0.25) is 0 Å². The van der Waals surface area contributed by atoms with Gasteiger partial charge in [-0.3, -0.25) is 4.79 Å². The average molecular weight is 349 g/mol. The quantitative estimate of drug-likeness (QED) is 0.659. The minimum absolute atomic E-state index is 0.320. The molecular weight excluding hydrogens is 336 g/mol. The summed E-state index contributed by atoms with van der Waals surface area (Å²) in [5, 5.41) is 2.72. The van der Waals surface area contributed by atoms with E-state index in [1.54, 1.807) is 42.5 Å². The number of ether oxygens (including phenoxy) is 1. The number of hydrogen-bond donors (Lipinski definition) is 2. The molecule has 5 nitrogen and oxygen atoms in total. The first kappa shape index (κ1) is 15.1. The molecule has 21 heavy (non-hydrogen) atoms. The van der Waals surface area contributed by atoms with Crippen LogP contribution in [0.25, 0.3) is 0 Å². The Balaban J connectivity index is 2.16. The maximum atomic E-state index is 12.2. The Morgan fingerprint density at radius 1 is 1.14 bits per heavy atom. The van der Waals surface area contributed by atoms with E-state index in [1.807, 2.05) is 0 Å². The van der Waals surface area contributed by atoms with E-state index >= 15 is 0 Å². The first-order chi connectivity index (χ1) is 10.0. The van der Waals surface area contributed by atoms with Crippen LogP contribution >= 0.6 is 15.9 Å². The molecule has 3 N–H and O–H groups in total. The van der Waals surface area contributed by atoms with Crippen LogP contribution in [0.2, 0.25) is 0 Å². The number of anilines is 2. The smallest absolute Gasteiger partial charge is 0.337 e. The average Bonchev–Trinajstić information content (AvgIpc) is 2.49. The van der Waals surface area contributed by atoms with Crippen molar-refractivity contribution in [3.8, 4) is 0 Å². The maximum Gasteiger partial charge on any atom is 0.337 e. The second kappa shape index (κ2) is 6.41. The molecule has 1 amide bonds. The van der Waals surface area contributed by atoms with Crippen molar-refractivity contribution in [3.63, 3.8) is 0 Å². The molecule has 0 aliphatic rings. The molecule has 2 aromatic carbocycles. The van der Waals surface area contributed by atoms with Gasteiger partial charge in [-0.25, -0.2) is 4.79 Å². The van der Waals surface area contributed by atoms with E-state index < -0.39 is 5.97 Å². The van der Waals surface area contributed by atoms with Crippen LogP contribution < -0.4 is 11.1 Å². The molecule has 0 heterocycles. The van der Waals surface area contributed by atoms with Gasteiger partial charge < -0.3 is 15.8 Å². The molecule has 0 radical (unpaired) electrons. The summed E-state index contributed by atoms with van der Waals surface area (Å²) in [5.74, 6) is -0.747. The van der Waals surface area contributed by atoms with Crippen LogP contribution in [0.15, 0.2) is 46.9 Å². The highest BCUT2D eigenvalue weighted by Gasteiger charge is 2.11. The SMILES string of the molecule is COC(=O)c1ccc(NC(=O)c2cc(Br)ccc2N)cc1. The number of rotatable bonds is 3. The zero-order chi connectivity index (χ0) is 15.4. The molecular formula is C15H13BrN2O3. The van der Waals surface area contributed by atoms with Crippen molar-refractivity contribution in [1.29, 1.82) is 0 Å². The van der Waals surface area contributed by atoms with Gasteiger partial charge in [0.1, 0.15) is 0 Å². The highest BCUT2D eigenvalue weighted by atomic mass is 79.9. The van der Waals surface area contributed by atoms with Crippen LogP contribution in [0.5, 0.6) is 0 Å². The summed E-state index contributed by atoms with van der Waals surface area (Å²) in [6, 6.07) is 11.5. The zero-order valence-electron chi connectivity index (χ0n) is 11.2. The highest BCUT2D eigenvalue weighted by molar-refractivity contribution is 9.10. The van der Waals surface area contributed by atoms with Gasteiger partial charge in [0.25, 0.3) is 5.91 Å². The fourth-order valence-electron chi connectivity index (χ4n) is 1.73. The second-order valence-electron chi connectivity index (χ2n) is 4.25. The summed E-state index contributed by atoms with van der Waals surface area (Å²) in [4.78, 5) is 23.5. The van der Waals surface area contributed by atoms with Gasteiger partial charge in [-0.05, 0) is 42.5 Å². The Morgan fingerprint density at radius 2 is 1.81 bits per heavy atom. The van der Waals surface area contributed by atoms with Crippen LogP contribution in [0.4, 0.5) is 11.4 Å². The largest absolute Gasteiger partial charge is 0.465 e. The molecule has 0 aromatic heterocycles. The molecule has 0 aliphatic carbocycles. The number of esters is 1. The van der Waals surface area contributed by atoms with Crippen molar-refractivity contribution in [1.82, 2.24) is 0 Å². The van der Waals surface area contributed by atoms with Gasteiger partial charge in [0, 0.05) is 15.8 Å². The molecule has 0 atom stereocenters. The number of nitrogens with one attached hydrogen (secondary N) is 1. The van der Waals surface area contributed by atoms with Crippen LogP contribution in [-0.2, 0) is 4.74 Å². The number of benzene rings is 2. The molecule has 0 aliphatic heterocycles. The van der Waals surface area contributed by atoms with Gasteiger partial charge in [0.05, 0.1) is 18.2 Å². The Labute approximate surface area is 130 Å². The minimum atomic E-state index is -0.427. The van der Waals surface area contributed by atoms with Crippen LogP contribution in [0.3, 0.4) is 0 Å². The minimum Gasteiger partial charge on any atom is -0.465 e. The maximum absolute atomic E-state index is 12.2. The predicted molar refractivity (Wildman–Crippen MR) is 84.3 cm³/mol. The lowest BCUT2D eigenvalue weighted by Crippen LogP contribution is -2.14. The topological polar surface area (TPSA) is 81.4 Å². The standard InChI is InChI=1S/C15H13BrN2O3/c1-21-15(20)9-2-5-11(6-3-9)18-14(19)12-8-10(16)4-7-13(12)17/h2-8H,17H2,1H3,(H,18,19). The molecule has 0 fully saturated rings. The van der Waals surface area contributed by atoms with Crippen LogP contribution in [0, 0.1) is 0 Å². The highest BCUT2D eigenvalue weighted by Crippen LogP contribution is 2.20. The summed E-state index contributed by atoms with van der Waals surface area (Å²) in [6.07, 6.45) is 0. The third-order valence-corrected chi connectivity index (χ3v) is 3.32. The van der Waals surface area contributed by atoms with Gasteiger partial charge in [-0.2, -0.15) is 0 Å². The Morgan fingerprint density at radius 3 is 2.43 bits per heavy atom. The monoisotopic (exact) mass is 348 g/mol. The first-order valence-electron chi connectivity index (χ1n) is 6.06. The molecule has 0 spiro atoms. The van der Waals surface area contributed by atoms with Gasteiger partial charge >= 0.3 is 5.97 Å². The molecule has 0 bridgehead atoms. The third kappa shape index (κ3) is 3.61. The molecule has 108 valence electrons. The van der Waals surface area contributed by atoms with E-state index in [4.69, 9.17) is 5.73 Å². The summed E-state index contributed by atoms with van der Waals surface area (Å²) in [5.41, 5.74) is 7.53. The number of carbonyl (C=O) groups excluding carboxylic acids is 2. The summed E-state index contributed by atoms with van der Waals surface area (Å²) in [6.45, 7) is 0. The number of hydrogen-bond acceptors (Lipinski definition) is 4. The Bertz CT molecular complexity index is 684. The van der Waals surface area contributed by atoms with E-state index in [0.29, 0.717) is 22.5 Å². The number of carbonyl (C=O) groups is 2. The van der Waals surface area contributed by atoms with E-state index in [0.717, 1.165) is 4.47 Å².